The lowest BCUT2D eigenvalue weighted by atomic mass is 10.4. The first-order valence-electron chi connectivity index (χ1n) is 4.77. The average molecular weight is 222 g/mol. The van der Waals surface area contributed by atoms with Crippen LogP contribution >= 0.6 is 0 Å². The van der Waals surface area contributed by atoms with Gasteiger partial charge in [-0.1, -0.05) is 5.92 Å². The van der Waals surface area contributed by atoms with Crippen molar-refractivity contribution >= 4 is 5.97 Å². The van der Waals surface area contributed by atoms with Gasteiger partial charge < -0.3 is 9.67 Å². The third kappa shape index (κ3) is 3.07. The molecular formula is C10H14N4O2. The normalized spacial score (nSPS) is 10.4. The van der Waals surface area contributed by atoms with E-state index >= 15 is 0 Å². The maximum Gasteiger partial charge on any atom is 0.317 e. The summed E-state index contributed by atoms with van der Waals surface area (Å²) >= 11 is 0. The van der Waals surface area contributed by atoms with E-state index in [4.69, 9.17) is 11.5 Å². The third-order valence-corrected chi connectivity index (χ3v) is 2.22. The number of rotatable bonds is 5. The monoisotopic (exact) mass is 222 g/mol. The molecule has 6 heteroatoms. The lowest BCUT2D eigenvalue weighted by Gasteiger charge is -2.16. The number of carboxylic acid groups (broad SMARTS) is 1. The van der Waals surface area contributed by atoms with Crippen LogP contribution in [0.15, 0.2) is 0 Å². The fourth-order valence-corrected chi connectivity index (χ4v) is 1.28. The van der Waals surface area contributed by atoms with Gasteiger partial charge in [0.15, 0.2) is 0 Å². The summed E-state index contributed by atoms with van der Waals surface area (Å²) in [6.07, 6.45) is 5.17. The molecule has 86 valence electrons. The average Bonchev–Trinajstić information content (AvgIpc) is 2.49. The minimum absolute atomic E-state index is 0.101. The molecule has 0 amide bonds. The predicted molar refractivity (Wildman–Crippen MR) is 57.5 cm³/mol. The van der Waals surface area contributed by atoms with Crippen LogP contribution in [0.5, 0.6) is 0 Å². The molecule has 1 N–H and O–H groups in total. The second kappa shape index (κ2) is 5.28. The van der Waals surface area contributed by atoms with E-state index in [2.05, 4.69) is 16.1 Å². The van der Waals surface area contributed by atoms with Crippen molar-refractivity contribution in [2.75, 3.05) is 13.1 Å². The summed E-state index contributed by atoms with van der Waals surface area (Å²) in [4.78, 5) is 12.2. The highest BCUT2D eigenvalue weighted by Crippen LogP contribution is 2.02. The van der Waals surface area contributed by atoms with E-state index in [9.17, 15) is 4.79 Å². The molecule has 0 saturated heterocycles. The van der Waals surface area contributed by atoms with Gasteiger partial charge in [-0.15, -0.1) is 16.6 Å². The minimum Gasteiger partial charge on any atom is -0.480 e. The zero-order chi connectivity index (χ0) is 12.1. The van der Waals surface area contributed by atoms with Gasteiger partial charge in [-0.05, 0) is 6.92 Å². The molecule has 0 aromatic carbocycles. The number of hydrogen-bond acceptors (Lipinski definition) is 4. The van der Waals surface area contributed by atoms with Crippen LogP contribution in [-0.2, 0) is 18.4 Å². The number of aromatic nitrogens is 3. The fraction of sp³-hybridized carbons (Fsp3) is 0.500. The standard InChI is InChI=1S/C10H14N4O2/c1-4-5-14(7-10(15)16)6-9-12-11-8(2)13(9)3/h1H,5-7H2,2-3H3,(H,15,16). The van der Waals surface area contributed by atoms with Crippen LogP contribution < -0.4 is 0 Å². The topological polar surface area (TPSA) is 71.2 Å². The van der Waals surface area contributed by atoms with Crippen molar-refractivity contribution in [2.24, 2.45) is 7.05 Å². The summed E-state index contributed by atoms with van der Waals surface area (Å²) in [5.41, 5.74) is 0. The Hall–Kier alpha value is -1.87. The van der Waals surface area contributed by atoms with Gasteiger partial charge in [-0.2, -0.15) is 0 Å². The number of carboxylic acids is 1. The molecule has 1 aromatic heterocycles. The molecule has 0 bridgehead atoms. The smallest absolute Gasteiger partial charge is 0.317 e. The highest BCUT2D eigenvalue weighted by Gasteiger charge is 2.13. The molecule has 1 aromatic rings. The van der Waals surface area contributed by atoms with E-state index in [1.54, 1.807) is 4.90 Å². The summed E-state index contributed by atoms with van der Waals surface area (Å²) in [6, 6.07) is 0. The number of nitrogens with zero attached hydrogens (tertiary/aromatic N) is 4. The Balaban J connectivity index is 2.72. The van der Waals surface area contributed by atoms with Crippen molar-refractivity contribution < 1.29 is 9.90 Å². The van der Waals surface area contributed by atoms with Gasteiger partial charge in [-0.3, -0.25) is 9.69 Å². The Morgan fingerprint density at radius 3 is 2.75 bits per heavy atom. The minimum atomic E-state index is -0.908. The Labute approximate surface area is 93.9 Å². The summed E-state index contributed by atoms with van der Waals surface area (Å²) < 4.78 is 1.81. The van der Waals surface area contributed by atoms with Crippen molar-refractivity contribution in [2.45, 2.75) is 13.5 Å². The second-order valence-electron chi connectivity index (χ2n) is 3.47. The molecule has 1 heterocycles. The highest BCUT2D eigenvalue weighted by molar-refractivity contribution is 5.69. The van der Waals surface area contributed by atoms with E-state index in [-0.39, 0.29) is 13.1 Å². The summed E-state index contributed by atoms with van der Waals surface area (Å²) in [5, 5.41) is 16.6. The first-order valence-corrected chi connectivity index (χ1v) is 4.77. The van der Waals surface area contributed by atoms with Crippen LogP contribution in [0.3, 0.4) is 0 Å². The van der Waals surface area contributed by atoms with Crippen molar-refractivity contribution in [3.63, 3.8) is 0 Å². The predicted octanol–water partition coefficient (Wildman–Crippen LogP) is -0.357. The van der Waals surface area contributed by atoms with Crippen LogP contribution in [0.4, 0.5) is 0 Å². The Morgan fingerprint density at radius 2 is 2.31 bits per heavy atom. The van der Waals surface area contributed by atoms with E-state index in [1.807, 2.05) is 18.5 Å². The number of terminal acetylenes is 1. The molecule has 0 aliphatic rings. The summed E-state index contributed by atoms with van der Waals surface area (Å²) in [5.74, 6) is 3.00. The van der Waals surface area contributed by atoms with E-state index in [0.717, 1.165) is 5.82 Å². The van der Waals surface area contributed by atoms with E-state index in [1.165, 1.54) is 0 Å². The maximum absolute atomic E-state index is 10.6. The Bertz CT molecular complexity index is 419. The third-order valence-electron chi connectivity index (χ3n) is 2.22. The maximum atomic E-state index is 10.6. The van der Waals surface area contributed by atoms with Crippen molar-refractivity contribution in [3.8, 4) is 12.3 Å². The van der Waals surface area contributed by atoms with Gasteiger partial charge in [0, 0.05) is 7.05 Å². The molecule has 16 heavy (non-hydrogen) atoms. The molecule has 0 atom stereocenters. The molecule has 0 aliphatic heterocycles. The van der Waals surface area contributed by atoms with Gasteiger partial charge in [0.25, 0.3) is 0 Å². The van der Waals surface area contributed by atoms with Gasteiger partial charge in [0.05, 0.1) is 19.6 Å². The largest absolute Gasteiger partial charge is 0.480 e. The molecule has 0 fully saturated rings. The quantitative estimate of drug-likeness (QED) is 0.689. The number of hydrogen-bond donors (Lipinski definition) is 1. The SMILES string of the molecule is C#CCN(CC(=O)O)Cc1nnc(C)n1C. The van der Waals surface area contributed by atoms with E-state index in [0.29, 0.717) is 12.4 Å². The van der Waals surface area contributed by atoms with Crippen molar-refractivity contribution in [3.05, 3.63) is 11.6 Å². The lowest BCUT2D eigenvalue weighted by molar-refractivity contribution is -0.138. The van der Waals surface area contributed by atoms with Crippen LogP contribution in [0, 0.1) is 19.3 Å². The van der Waals surface area contributed by atoms with Gasteiger partial charge in [-0.25, -0.2) is 0 Å². The molecule has 0 aliphatic carbocycles. The van der Waals surface area contributed by atoms with Crippen LogP contribution in [-0.4, -0.2) is 43.8 Å². The van der Waals surface area contributed by atoms with Gasteiger partial charge in [0.2, 0.25) is 0 Å². The molecule has 1 rings (SSSR count). The summed E-state index contributed by atoms with van der Waals surface area (Å²) in [7, 11) is 1.83. The molecule has 0 radical (unpaired) electrons. The number of carbonyl (C=O) groups is 1. The molecule has 0 saturated carbocycles. The van der Waals surface area contributed by atoms with E-state index < -0.39 is 5.97 Å². The first kappa shape index (κ1) is 12.2. The van der Waals surface area contributed by atoms with Crippen molar-refractivity contribution in [1.82, 2.24) is 19.7 Å². The van der Waals surface area contributed by atoms with Gasteiger partial charge >= 0.3 is 5.97 Å². The molecular weight excluding hydrogens is 208 g/mol. The lowest BCUT2D eigenvalue weighted by Crippen LogP contribution is -2.30. The van der Waals surface area contributed by atoms with Crippen LogP contribution in [0.2, 0.25) is 0 Å². The summed E-state index contributed by atoms with van der Waals surface area (Å²) in [6.45, 7) is 2.39. The highest BCUT2D eigenvalue weighted by atomic mass is 16.4. The first-order chi connectivity index (χ1) is 7.54. The van der Waals surface area contributed by atoms with Gasteiger partial charge in [0.1, 0.15) is 11.6 Å². The number of aliphatic carboxylic acids is 1. The van der Waals surface area contributed by atoms with Crippen LogP contribution in [0.25, 0.3) is 0 Å². The Morgan fingerprint density at radius 1 is 1.62 bits per heavy atom. The fourth-order valence-electron chi connectivity index (χ4n) is 1.28. The Kier molecular flexibility index (Phi) is 4.03. The molecule has 0 spiro atoms. The number of aryl methyl sites for hydroxylation is 1. The van der Waals surface area contributed by atoms with Crippen molar-refractivity contribution in [1.29, 1.82) is 0 Å². The molecule has 0 unspecified atom stereocenters. The second-order valence-corrected chi connectivity index (χ2v) is 3.47. The van der Waals surface area contributed by atoms with Crippen LogP contribution in [0.1, 0.15) is 11.6 Å². The zero-order valence-electron chi connectivity index (χ0n) is 9.34. The molecule has 6 nitrogen and oxygen atoms in total. The zero-order valence-corrected chi connectivity index (χ0v) is 9.34.